The summed E-state index contributed by atoms with van der Waals surface area (Å²) in [4.78, 5) is 25.1. The summed E-state index contributed by atoms with van der Waals surface area (Å²) in [5.74, 6) is -0.765. The maximum atomic E-state index is 11.6. The van der Waals surface area contributed by atoms with E-state index in [0.29, 0.717) is 12.6 Å². The van der Waals surface area contributed by atoms with E-state index in [9.17, 15) is 9.59 Å². The fraction of sp³-hybridized carbons (Fsp3) is 0.846. The number of ether oxygens (including phenoxy) is 1. The summed E-state index contributed by atoms with van der Waals surface area (Å²) in [6.45, 7) is 6.62. The molecule has 0 spiro atoms. The summed E-state index contributed by atoms with van der Waals surface area (Å²) < 4.78 is 4.78. The highest BCUT2D eigenvalue weighted by molar-refractivity contribution is 5.77. The number of carbonyl (C=O) groups is 2. The Balaban J connectivity index is 2.72. The summed E-state index contributed by atoms with van der Waals surface area (Å²) in [5.41, 5.74) is 5.38. The summed E-state index contributed by atoms with van der Waals surface area (Å²) in [5, 5.41) is 0. The molecular formula is C13H24N2O3. The van der Waals surface area contributed by atoms with Gasteiger partial charge in [0.05, 0.1) is 18.9 Å². The van der Waals surface area contributed by atoms with Crippen LogP contribution < -0.4 is 5.73 Å². The first-order chi connectivity index (χ1) is 8.38. The normalized spacial score (nSPS) is 28.4. The van der Waals surface area contributed by atoms with Gasteiger partial charge in [-0.2, -0.15) is 0 Å². The number of amides is 1. The molecule has 5 heteroatoms. The molecule has 1 heterocycles. The first-order valence-corrected chi connectivity index (χ1v) is 6.51. The van der Waals surface area contributed by atoms with Gasteiger partial charge in [-0.3, -0.25) is 14.5 Å². The second-order valence-corrected chi connectivity index (χ2v) is 5.27. The minimum absolute atomic E-state index is 0.0506. The second kappa shape index (κ2) is 6.18. The van der Waals surface area contributed by atoms with Crippen LogP contribution in [0, 0.1) is 11.8 Å². The Bertz CT molecular complexity index is 319. The van der Waals surface area contributed by atoms with Crippen molar-refractivity contribution in [3.05, 3.63) is 0 Å². The molecule has 18 heavy (non-hydrogen) atoms. The second-order valence-electron chi connectivity index (χ2n) is 5.27. The number of nitrogens with two attached hydrogens (primary N) is 1. The van der Waals surface area contributed by atoms with Crippen LogP contribution in [0.3, 0.4) is 0 Å². The first-order valence-electron chi connectivity index (χ1n) is 6.51. The quantitative estimate of drug-likeness (QED) is 0.754. The Hall–Kier alpha value is -1.10. The molecule has 0 aromatic heterocycles. The van der Waals surface area contributed by atoms with E-state index in [1.54, 1.807) is 0 Å². The molecular weight excluding hydrogens is 232 g/mol. The Morgan fingerprint density at radius 1 is 1.33 bits per heavy atom. The minimum atomic E-state index is -0.246. The lowest BCUT2D eigenvalue weighted by molar-refractivity contribution is -0.147. The number of esters is 1. The molecule has 4 unspecified atom stereocenters. The van der Waals surface area contributed by atoms with E-state index >= 15 is 0 Å². The van der Waals surface area contributed by atoms with Crippen LogP contribution >= 0.6 is 0 Å². The number of likely N-dealkylation sites (tertiary alicyclic amines) is 1. The molecule has 2 N–H and O–H groups in total. The molecule has 0 bridgehead atoms. The van der Waals surface area contributed by atoms with Crippen LogP contribution in [0.1, 0.15) is 33.6 Å². The highest BCUT2D eigenvalue weighted by Crippen LogP contribution is 2.26. The van der Waals surface area contributed by atoms with Gasteiger partial charge in [-0.05, 0) is 26.7 Å². The Morgan fingerprint density at radius 2 is 1.94 bits per heavy atom. The van der Waals surface area contributed by atoms with E-state index < -0.39 is 0 Å². The van der Waals surface area contributed by atoms with E-state index in [1.165, 1.54) is 7.11 Å². The molecule has 0 saturated carbocycles. The van der Waals surface area contributed by atoms with Gasteiger partial charge in [0, 0.05) is 18.6 Å². The highest BCUT2D eigenvalue weighted by Gasteiger charge is 2.35. The van der Waals surface area contributed by atoms with Crippen molar-refractivity contribution in [2.75, 3.05) is 13.7 Å². The Kier molecular flexibility index (Phi) is 5.14. The number of hydrogen-bond acceptors (Lipinski definition) is 4. The molecule has 1 rings (SSSR count). The van der Waals surface area contributed by atoms with E-state index in [0.717, 1.165) is 12.8 Å². The summed E-state index contributed by atoms with van der Waals surface area (Å²) in [6.07, 6.45) is 1.78. The lowest BCUT2D eigenvalue weighted by Gasteiger charge is -2.42. The number of carbonyl (C=O) groups excluding carboxylic acids is 2. The predicted molar refractivity (Wildman–Crippen MR) is 68.7 cm³/mol. The smallest absolute Gasteiger partial charge is 0.309 e. The maximum Gasteiger partial charge on any atom is 0.309 e. The molecule has 1 amide bonds. The van der Waals surface area contributed by atoms with Gasteiger partial charge in [-0.25, -0.2) is 0 Å². The average molecular weight is 256 g/mol. The molecule has 1 saturated heterocycles. The number of nitrogens with zero attached hydrogens (tertiary/aromatic N) is 1. The predicted octanol–water partition coefficient (Wildman–Crippen LogP) is 0.770. The van der Waals surface area contributed by atoms with Gasteiger partial charge in [0.2, 0.25) is 5.91 Å². The van der Waals surface area contributed by atoms with Gasteiger partial charge in [-0.1, -0.05) is 6.92 Å². The van der Waals surface area contributed by atoms with Gasteiger partial charge in [0.25, 0.3) is 0 Å². The molecule has 0 aromatic rings. The fourth-order valence-electron chi connectivity index (χ4n) is 2.60. The van der Waals surface area contributed by atoms with Crippen LogP contribution in [0.4, 0.5) is 0 Å². The summed E-state index contributed by atoms with van der Waals surface area (Å²) in [6, 6.07) is 0.414. The van der Waals surface area contributed by atoms with Gasteiger partial charge in [0.15, 0.2) is 0 Å². The number of hydrogen-bond donors (Lipinski definition) is 1. The molecule has 4 atom stereocenters. The highest BCUT2D eigenvalue weighted by atomic mass is 16.5. The molecule has 1 fully saturated rings. The topological polar surface area (TPSA) is 72.6 Å². The monoisotopic (exact) mass is 256 g/mol. The van der Waals surface area contributed by atoms with Crippen molar-refractivity contribution in [3.8, 4) is 0 Å². The Labute approximate surface area is 109 Å². The number of methoxy groups -OCH3 is 1. The Morgan fingerprint density at radius 3 is 2.44 bits per heavy atom. The molecule has 1 aliphatic heterocycles. The molecule has 0 aromatic carbocycles. The van der Waals surface area contributed by atoms with E-state index in [1.807, 2.05) is 13.8 Å². The van der Waals surface area contributed by atoms with Crippen molar-refractivity contribution >= 4 is 11.9 Å². The van der Waals surface area contributed by atoms with Crippen molar-refractivity contribution in [2.45, 2.75) is 45.7 Å². The van der Waals surface area contributed by atoms with E-state index in [2.05, 4.69) is 11.8 Å². The molecule has 0 radical (unpaired) electrons. The number of primary amides is 1. The zero-order chi connectivity index (χ0) is 13.9. The van der Waals surface area contributed by atoms with Crippen LogP contribution in [0.5, 0.6) is 0 Å². The van der Waals surface area contributed by atoms with Crippen LogP contribution in [0.15, 0.2) is 0 Å². The van der Waals surface area contributed by atoms with Crippen LogP contribution in [0.25, 0.3) is 0 Å². The molecule has 5 nitrogen and oxygen atoms in total. The lowest BCUT2D eigenvalue weighted by atomic mass is 9.89. The van der Waals surface area contributed by atoms with Crippen molar-refractivity contribution in [3.63, 3.8) is 0 Å². The maximum absolute atomic E-state index is 11.6. The van der Waals surface area contributed by atoms with Crippen molar-refractivity contribution in [1.29, 1.82) is 0 Å². The van der Waals surface area contributed by atoms with Gasteiger partial charge in [-0.15, -0.1) is 0 Å². The largest absolute Gasteiger partial charge is 0.469 e. The van der Waals surface area contributed by atoms with Crippen molar-refractivity contribution < 1.29 is 14.3 Å². The zero-order valence-electron chi connectivity index (χ0n) is 11.7. The van der Waals surface area contributed by atoms with Crippen LogP contribution in [-0.4, -0.2) is 42.5 Å². The summed E-state index contributed by atoms with van der Waals surface area (Å²) in [7, 11) is 1.40. The molecule has 104 valence electrons. The number of piperidine rings is 1. The van der Waals surface area contributed by atoms with Gasteiger partial charge < -0.3 is 10.5 Å². The lowest BCUT2D eigenvalue weighted by Crippen LogP contribution is -2.52. The van der Waals surface area contributed by atoms with Crippen molar-refractivity contribution in [1.82, 2.24) is 4.90 Å². The van der Waals surface area contributed by atoms with E-state index in [4.69, 9.17) is 10.5 Å². The van der Waals surface area contributed by atoms with Crippen LogP contribution in [0.2, 0.25) is 0 Å². The van der Waals surface area contributed by atoms with Crippen LogP contribution in [-0.2, 0) is 14.3 Å². The zero-order valence-corrected chi connectivity index (χ0v) is 11.7. The van der Waals surface area contributed by atoms with Gasteiger partial charge in [0.1, 0.15) is 0 Å². The standard InChI is InChI=1S/C13H24N2O3/c1-8-5-6-11(12(14)16)7-15(8)10(3)9(2)13(17)18-4/h8-11H,5-7H2,1-4H3,(H2,14,16). The van der Waals surface area contributed by atoms with E-state index in [-0.39, 0.29) is 29.8 Å². The average Bonchev–Trinajstić information content (AvgIpc) is 2.36. The SMILES string of the molecule is COC(=O)C(C)C(C)N1CC(C(N)=O)CCC1C. The minimum Gasteiger partial charge on any atom is -0.469 e. The number of rotatable bonds is 4. The molecule has 0 aliphatic carbocycles. The third-order valence-electron chi connectivity index (χ3n) is 4.15. The summed E-state index contributed by atoms with van der Waals surface area (Å²) >= 11 is 0. The third-order valence-corrected chi connectivity index (χ3v) is 4.15. The third kappa shape index (κ3) is 3.22. The van der Waals surface area contributed by atoms with Gasteiger partial charge >= 0.3 is 5.97 Å². The fourth-order valence-corrected chi connectivity index (χ4v) is 2.60. The first kappa shape index (κ1) is 15.0. The molecule has 1 aliphatic rings. The van der Waals surface area contributed by atoms with Crippen molar-refractivity contribution in [2.24, 2.45) is 17.6 Å².